The molecule has 1 unspecified atom stereocenters. The maximum Gasteiger partial charge on any atom is 0.158 e. The summed E-state index contributed by atoms with van der Waals surface area (Å²) in [4.78, 5) is 8.56. The third kappa shape index (κ3) is 2.78. The van der Waals surface area contributed by atoms with Crippen molar-refractivity contribution in [1.29, 1.82) is 0 Å². The molecule has 5 nitrogen and oxygen atoms in total. The first-order valence-corrected chi connectivity index (χ1v) is 8.40. The van der Waals surface area contributed by atoms with Gasteiger partial charge in [-0.05, 0) is 31.5 Å². The van der Waals surface area contributed by atoms with Crippen LogP contribution in [-0.2, 0) is 0 Å². The Morgan fingerprint density at radius 3 is 2.79 bits per heavy atom. The Hall–Kier alpha value is -1.98. The highest BCUT2D eigenvalue weighted by Crippen LogP contribution is 2.37. The second kappa shape index (κ2) is 6.49. The number of aryl methyl sites for hydroxylation is 1. The first-order chi connectivity index (χ1) is 11.4. The Labute approximate surface area is 150 Å². The smallest absolute Gasteiger partial charge is 0.158 e. The molecule has 2 N–H and O–H groups in total. The van der Waals surface area contributed by atoms with Gasteiger partial charge in [0.2, 0.25) is 0 Å². The van der Waals surface area contributed by atoms with Gasteiger partial charge in [-0.3, -0.25) is 4.40 Å². The van der Waals surface area contributed by atoms with Crippen LogP contribution in [0.2, 0.25) is 10.2 Å². The van der Waals surface area contributed by atoms with Crippen LogP contribution < -0.4 is 10.5 Å². The van der Waals surface area contributed by atoms with Crippen LogP contribution in [0, 0.1) is 6.92 Å². The number of halogens is 2. The lowest BCUT2D eigenvalue weighted by Crippen LogP contribution is -2.07. The number of fused-ring (bicyclic) bond motifs is 1. The number of hydrogen-bond donors (Lipinski definition) is 1. The SMILES string of the molecule is CCOc1cc(C)c(Cl)cc1C(C)c1nc(Cl)c2c(N)nccn12. The van der Waals surface area contributed by atoms with Crippen molar-refractivity contribution < 1.29 is 4.74 Å². The summed E-state index contributed by atoms with van der Waals surface area (Å²) in [7, 11) is 0. The second-order valence-electron chi connectivity index (χ2n) is 5.59. The summed E-state index contributed by atoms with van der Waals surface area (Å²) in [5.74, 6) is 1.80. The van der Waals surface area contributed by atoms with Gasteiger partial charge in [0.25, 0.3) is 0 Å². The van der Waals surface area contributed by atoms with E-state index in [4.69, 9.17) is 33.7 Å². The summed E-state index contributed by atoms with van der Waals surface area (Å²) in [6, 6.07) is 3.87. The third-order valence-corrected chi connectivity index (χ3v) is 4.68. The topological polar surface area (TPSA) is 65.4 Å². The van der Waals surface area contributed by atoms with Crippen molar-refractivity contribution in [2.75, 3.05) is 12.3 Å². The zero-order chi connectivity index (χ0) is 17.4. The fourth-order valence-corrected chi connectivity index (χ4v) is 3.22. The molecule has 0 radical (unpaired) electrons. The molecule has 0 fully saturated rings. The van der Waals surface area contributed by atoms with Crippen molar-refractivity contribution in [3.8, 4) is 5.75 Å². The summed E-state index contributed by atoms with van der Waals surface area (Å²) in [6.45, 7) is 6.51. The lowest BCUT2D eigenvalue weighted by molar-refractivity contribution is 0.335. The van der Waals surface area contributed by atoms with E-state index in [1.807, 2.05) is 37.3 Å². The van der Waals surface area contributed by atoms with E-state index in [1.54, 1.807) is 12.4 Å². The quantitative estimate of drug-likeness (QED) is 0.741. The maximum atomic E-state index is 6.33. The molecule has 3 rings (SSSR count). The second-order valence-corrected chi connectivity index (χ2v) is 6.35. The van der Waals surface area contributed by atoms with Gasteiger partial charge in [0, 0.05) is 28.9 Å². The number of nitrogens with zero attached hydrogens (tertiary/aromatic N) is 3. The molecule has 2 aromatic heterocycles. The van der Waals surface area contributed by atoms with Gasteiger partial charge in [0.1, 0.15) is 17.1 Å². The number of aromatic nitrogens is 3. The van der Waals surface area contributed by atoms with Gasteiger partial charge in [-0.15, -0.1) is 0 Å². The highest BCUT2D eigenvalue weighted by molar-refractivity contribution is 6.33. The molecule has 0 amide bonds. The van der Waals surface area contributed by atoms with Gasteiger partial charge in [-0.25, -0.2) is 9.97 Å². The highest BCUT2D eigenvalue weighted by atomic mass is 35.5. The number of anilines is 1. The highest BCUT2D eigenvalue weighted by Gasteiger charge is 2.22. The molecule has 3 aromatic rings. The Balaban J connectivity index is 2.18. The molecule has 2 heterocycles. The molecule has 0 aliphatic rings. The molecule has 0 bridgehead atoms. The fraction of sp³-hybridized carbons (Fsp3) is 0.294. The van der Waals surface area contributed by atoms with Gasteiger partial charge >= 0.3 is 0 Å². The van der Waals surface area contributed by atoms with Crippen molar-refractivity contribution in [2.24, 2.45) is 0 Å². The summed E-state index contributed by atoms with van der Waals surface area (Å²) in [5.41, 5.74) is 8.46. The zero-order valence-electron chi connectivity index (χ0n) is 13.7. The fourth-order valence-electron chi connectivity index (χ4n) is 2.78. The van der Waals surface area contributed by atoms with Crippen molar-refractivity contribution in [3.05, 3.63) is 51.7 Å². The average molecular weight is 365 g/mol. The van der Waals surface area contributed by atoms with Crippen LogP contribution >= 0.6 is 23.2 Å². The minimum Gasteiger partial charge on any atom is -0.494 e. The minimum atomic E-state index is -0.0913. The van der Waals surface area contributed by atoms with E-state index < -0.39 is 0 Å². The largest absolute Gasteiger partial charge is 0.494 e. The lowest BCUT2D eigenvalue weighted by atomic mass is 9.98. The third-order valence-electron chi connectivity index (χ3n) is 4.01. The van der Waals surface area contributed by atoms with E-state index >= 15 is 0 Å². The average Bonchev–Trinajstić information content (AvgIpc) is 2.88. The number of ether oxygens (including phenoxy) is 1. The van der Waals surface area contributed by atoms with E-state index in [0.29, 0.717) is 28.1 Å². The number of rotatable bonds is 4. The van der Waals surface area contributed by atoms with Crippen LogP contribution in [0.5, 0.6) is 5.75 Å². The summed E-state index contributed by atoms with van der Waals surface area (Å²) < 4.78 is 7.65. The molecular weight excluding hydrogens is 347 g/mol. The molecule has 126 valence electrons. The molecule has 1 atom stereocenters. The molecule has 0 spiro atoms. The van der Waals surface area contributed by atoms with Crippen LogP contribution in [0.15, 0.2) is 24.5 Å². The van der Waals surface area contributed by atoms with Gasteiger partial charge < -0.3 is 10.5 Å². The van der Waals surface area contributed by atoms with E-state index in [1.165, 1.54) is 0 Å². The van der Waals surface area contributed by atoms with Crippen LogP contribution in [0.25, 0.3) is 5.52 Å². The van der Waals surface area contributed by atoms with Crippen molar-refractivity contribution >= 4 is 34.5 Å². The van der Waals surface area contributed by atoms with E-state index in [9.17, 15) is 0 Å². The molecule has 7 heteroatoms. The first-order valence-electron chi connectivity index (χ1n) is 7.64. The van der Waals surface area contributed by atoms with Crippen LogP contribution in [0.4, 0.5) is 5.82 Å². The van der Waals surface area contributed by atoms with Crippen molar-refractivity contribution in [3.63, 3.8) is 0 Å². The Morgan fingerprint density at radius 2 is 2.08 bits per heavy atom. The van der Waals surface area contributed by atoms with Gasteiger partial charge in [-0.1, -0.05) is 30.1 Å². The zero-order valence-corrected chi connectivity index (χ0v) is 15.2. The number of benzene rings is 1. The van der Waals surface area contributed by atoms with Crippen LogP contribution in [-0.4, -0.2) is 21.0 Å². The van der Waals surface area contributed by atoms with E-state index in [2.05, 4.69) is 9.97 Å². The number of imidazole rings is 1. The summed E-state index contributed by atoms with van der Waals surface area (Å²) >= 11 is 12.6. The molecule has 0 saturated carbocycles. The number of nitrogens with two attached hydrogens (primary N) is 1. The van der Waals surface area contributed by atoms with Crippen molar-refractivity contribution in [1.82, 2.24) is 14.4 Å². The normalized spacial score (nSPS) is 12.5. The minimum absolute atomic E-state index is 0.0913. The summed E-state index contributed by atoms with van der Waals surface area (Å²) in [5, 5.41) is 1.02. The Morgan fingerprint density at radius 1 is 1.33 bits per heavy atom. The van der Waals surface area contributed by atoms with Gasteiger partial charge in [0.15, 0.2) is 11.0 Å². The van der Waals surface area contributed by atoms with Gasteiger partial charge in [0.05, 0.1) is 6.61 Å². The Bertz CT molecular complexity index is 907. The van der Waals surface area contributed by atoms with Crippen LogP contribution in [0.1, 0.15) is 36.7 Å². The molecule has 24 heavy (non-hydrogen) atoms. The standard InChI is InChI=1S/C17H18Cl2N4O/c1-4-24-13-7-9(2)12(18)8-11(13)10(3)17-22-15(19)14-16(20)21-5-6-23(14)17/h5-8,10H,4H2,1-3H3,(H2,20,21). The predicted molar refractivity (Wildman–Crippen MR) is 97.3 cm³/mol. The maximum absolute atomic E-state index is 6.33. The molecule has 0 aliphatic heterocycles. The van der Waals surface area contributed by atoms with Crippen molar-refractivity contribution in [2.45, 2.75) is 26.7 Å². The first kappa shape index (κ1) is 16.9. The van der Waals surface area contributed by atoms with Crippen LogP contribution in [0.3, 0.4) is 0 Å². The van der Waals surface area contributed by atoms with E-state index in [0.717, 1.165) is 22.7 Å². The molecular formula is C17H18Cl2N4O. The number of nitrogen functional groups attached to an aromatic ring is 1. The molecule has 0 aliphatic carbocycles. The predicted octanol–water partition coefficient (Wildman–Crippen LogP) is 4.48. The molecule has 0 saturated heterocycles. The Kier molecular flexibility index (Phi) is 4.56. The van der Waals surface area contributed by atoms with Gasteiger partial charge in [-0.2, -0.15) is 0 Å². The number of hydrogen-bond acceptors (Lipinski definition) is 4. The monoisotopic (exact) mass is 364 g/mol. The molecule has 1 aromatic carbocycles. The lowest BCUT2D eigenvalue weighted by Gasteiger charge is -2.17. The van der Waals surface area contributed by atoms with E-state index in [-0.39, 0.29) is 5.92 Å². The summed E-state index contributed by atoms with van der Waals surface area (Å²) in [6.07, 6.45) is 3.43.